The molecule has 2 aliphatic rings. The second-order valence-electron chi connectivity index (χ2n) is 7.70. The quantitative estimate of drug-likeness (QED) is 0.802. The van der Waals surface area contributed by atoms with Crippen molar-refractivity contribution in [3.8, 4) is 0 Å². The molecule has 0 bridgehead atoms. The molecule has 148 valence electrons. The summed E-state index contributed by atoms with van der Waals surface area (Å²) in [6.45, 7) is 5.58. The number of rotatable bonds is 5. The van der Waals surface area contributed by atoms with E-state index in [9.17, 15) is 9.59 Å². The Morgan fingerprint density at radius 1 is 1.37 bits per heavy atom. The van der Waals surface area contributed by atoms with E-state index in [2.05, 4.69) is 5.32 Å². The third-order valence-electron chi connectivity index (χ3n) is 5.39. The van der Waals surface area contributed by atoms with Crippen molar-refractivity contribution in [3.63, 3.8) is 0 Å². The molecule has 0 saturated carbocycles. The molecule has 6 heteroatoms. The minimum Gasteiger partial charge on any atom is -0.379 e. The van der Waals surface area contributed by atoms with Gasteiger partial charge in [0.05, 0.1) is 25.4 Å². The van der Waals surface area contributed by atoms with Crippen LogP contribution in [0.3, 0.4) is 0 Å². The van der Waals surface area contributed by atoms with E-state index in [1.165, 1.54) is 5.57 Å². The number of carbonyl (C=O) groups excluding carboxylic acids is 1. The normalized spacial score (nSPS) is 22.0. The predicted molar refractivity (Wildman–Crippen MR) is 104 cm³/mol. The molecule has 1 saturated heterocycles. The number of allylic oxidation sites excluding steroid dienone is 1. The highest BCUT2D eigenvalue weighted by Crippen LogP contribution is 2.20. The Morgan fingerprint density at radius 3 is 2.93 bits per heavy atom. The molecule has 1 aromatic rings. The summed E-state index contributed by atoms with van der Waals surface area (Å²) in [6.07, 6.45) is 6.65. The van der Waals surface area contributed by atoms with Crippen molar-refractivity contribution in [1.82, 2.24) is 9.88 Å². The number of pyridine rings is 1. The zero-order valence-electron chi connectivity index (χ0n) is 16.5. The average Bonchev–Trinajstić information content (AvgIpc) is 2.65. The summed E-state index contributed by atoms with van der Waals surface area (Å²) >= 11 is 0. The molecule has 0 aromatic carbocycles. The van der Waals surface area contributed by atoms with Crippen LogP contribution >= 0.6 is 0 Å². The Morgan fingerprint density at radius 2 is 2.15 bits per heavy atom. The predicted octanol–water partition coefficient (Wildman–Crippen LogP) is 2.13. The number of aryl methyl sites for hydroxylation is 1. The van der Waals surface area contributed by atoms with E-state index in [4.69, 9.17) is 9.47 Å². The van der Waals surface area contributed by atoms with Crippen LogP contribution in [-0.2, 0) is 29.4 Å². The van der Waals surface area contributed by atoms with Gasteiger partial charge in [-0.05, 0) is 57.6 Å². The maximum Gasteiger partial charge on any atom is 0.263 e. The number of hydrogen-bond acceptors (Lipinski definition) is 4. The molecule has 1 aliphatic heterocycles. The van der Waals surface area contributed by atoms with Gasteiger partial charge in [-0.2, -0.15) is 0 Å². The highest BCUT2D eigenvalue weighted by atomic mass is 16.5. The van der Waals surface area contributed by atoms with Gasteiger partial charge in [0, 0.05) is 19.3 Å². The number of aromatic nitrogens is 1. The molecule has 0 unspecified atom stereocenters. The smallest absolute Gasteiger partial charge is 0.263 e. The van der Waals surface area contributed by atoms with E-state index in [1.54, 1.807) is 17.7 Å². The minimum atomic E-state index is -0.338. The summed E-state index contributed by atoms with van der Waals surface area (Å²) in [7, 11) is 1.76. The standard InChI is InChI=1S/C21H30N2O4/c1-14(2)8-11-27-19-9-10-26-13-17(19)22-20(24)16-12-15-6-4-5-7-18(15)23(3)21(16)25/h8,12,17,19H,4-7,9-11,13H2,1-3H3,(H,22,24)/t17-,19+/m1/s1. The first kappa shape index (κ1) is 19.8. The fraction of sp³-hybridized carbons (Fsp3) is 0.619. The van der Waals surface area contributed by atoms with Gasteiger partial charge in [0.25, 0.3) is 11.5 Å². The van der Waals surface area contributed by atoms with Gasteiger partial charge in [-0.25, -0.2) is 0 Å². The Hall–Kier alpha value is -1.92. The van der Waals surface area contributed by atoms with Crippen LogP contribution in [0, 0.1) is 0 Å². The van der Waals surface area contributed by atoms with Gasteiger partial charge < -0.3 is 19.4 Å². The van der Waals surface area contributed by atoms with Crippen LogP contribution in [0.15, 0.2) is 22.5 Å². The van der Waals surface area contributed by atoms with E-state index < -0.39 is 0 Å². The van der Waals surface area contributed by atoms with Crippen LogP contribution in [0.2, 0.25) is 0 Å². The highest BCUT2D eigenvalue weighted by Gasteiger charge is 2.29. The fourth-order valence-corrected chi connectivity index (χ4v) is 3.79. The second-order valence-corrected chi connectivity index (χ2v) is 7.70. The van der Waals surface area contributed by atoms with Crippen molar-refractivity contribution < 1.29 is 14.3 Å². The maximum atomic E-state index is 12.9. The highest BCUT2D eigenvalue weighted by molar-refractivity contribution is 5.94. The van der Waals surface area contributed by atoms with Gasteiger partial charge >= 0.3 is 0 Å². The maximum absolute atomic E-state index is 12.9. The summed E-state index contributed by atoms with van der Waals surface area (Å²) in [4.78, 5) is 25.5. The van der Waals surface area contributed by atoms with E-state index in [-0.39, 0.29) is 29.2 Å². The van der Waals surface area contributed by atoms with Gasteiger partial charge in [0.15, 0.2) is 0 Å². The molecule has 1 fully saturated rings. The van der Waals surface area contributed by atoms with Crippen molar-refractivity contribution in [3.05, 3.63) is 44.9 Å². The topological polar surface area (TPSA) is 69.6 Å². The monoisotopic (exact) mass is 374 g/mol. The number of ether oxygens (including phenoxy) is 2. The third kappa shape index (κ3) is 4.68. The van der Waals surface area contributed by atoms with Crippen LogP contribution < -0.4 is 10.9 Å². The number of carbonyl (C=O) groups is 1. The second kappa shape index (κ2) is 8.85. The minimum absolute atomic E-state index is 0.111. The molecule has 27 heavy (non-hydrogen) atoms. The summed E-state index contributed by atoms with van der Waals surface area (Å²) < 4.78 is 13.1. The number of hydrogen-bond donors (Lipinski definition) is 1. The molecule has 0 radical (unpaired) electrons. The van der Waals surface area contributed by atoms with Gasteiger partial charge in [0.2, 0.25) is 0 Å². The Bertz CT molecular complexity index is 777. The molecule has 2 heterocycles. The van der Waals surface area contributed by atoms with Gasteiger partial charge in [0.1, 0.15) is 5.56 Å². The molecule has 1 amide bonds. The van der Waals surface area contributed by atoms with Gasteiger partial charge in [-0.1, -0.05) is 11.6 Å². The Balaban J connectivity index is 1.74. The van der Waals surface area contributed by atoms with Crippen LogP contribution in [0.5, 0.6) is 0 Å². The van der Waals surface area contributed by atoms with Crippen LogP contribution in [0.25, 0.3) is 0 Å². The number of amides is 1. The summed E-state index contributed by atoms with van der Waals surface area (Å²) in [5.74, 6) is -0.338. The van der Waals surface area contributed by atoms with E-state index >= 15 is 0 Å². The van der Waals surface area contributed by atoms with Crippen molar-refractivity contribution in [1.29, 1.82) is 0 Å². The van der Waals surface area contributed by atoms with Gasteiger partial charge in [-0.3, -0.25) is 9.59 Å². The van der Waals surface area contributed by atoms with Crippen molar-refractivity contribution in [2.45, 2.75) is 58.1 Å². The Kier molecular flexibility index (Phi) is 6.50. The molecule has 6 nitrogen and oxygen atoms in total. The fourth-order valence-electron chi connectivity index (χ4n) is 3.79. The van der Waals surface area contributed by atoms with Crippen LogP contribution in [0.4, 0.5) is 0 Å². The summed E-state index contributed by atoms with van der Waals surface area (Å²) in [5, 5.41) is 2.98. The average molecular weight is 374 g/mol. The first-order valence-corrected chi connectivity index (χ1v) is 9.82. The molecule has 0 spiro atoms. The molecular weight excluding hydrogens is 344 g/mol. The molecule has 3 rings (SSSR count). The lowest BCUT2D eigenvalue weighted by Gasteiger charge is -2.32. The number of nitrogens with zero attached hydrogens (tertiary/aromatic N) is 1. The number of fused-ring (bicyclic) bond motifs is 1. The van der Waals surface area contributed by atoms with Crippen molar-refractivity contribution in [2.75, 3.05) is 19.8 Å². The first-order valence-electron chi connectivity index (χ1n) is 9.82. The van der Waals surface area contributed by atoms with E-state index in [0.29, 0.717) is 19.8 Å². The molecule has 1 N–H and O–H groups in total. The summed E-state index contributed by atoms with van der Waals surface area (Å²) in [5.41, 5.74) is 3.36. The summed E-state index contributed by atoms with van der Waals surface area (Å²) in [6, 6.07) is 1.53. The van der Waals surface area contributed by atoms with E-state index in [0.717, 1.165) is 43.4 Å². The SMILES string of the molecule is CC(C)=CCO[C@H]1CCOC[C@H]1NC(=O)c1cc2c(n(C)c1=O)CCCC2. The van der Waals surface area contributed by atoms with Crippen LogP contribution in [0.1, 0.15) is 54.7 Å². The molecule has 2 atom stereocenters. The molecule has 1 aliphatic carbocycles. The van der Waals surface area contributed by atoms with Crippen molar-refractivity contribution in [2.24, 2.45) is 7.05 Å². The molecular formula is C21H30N2O4. The van der Waals surface area contributed by atoms with Gasteiger partial charge in [-0.15, -0.1) is 0 Å². The zero-order chi connectivity index (χ0) is 19.4. The number of nitrogens with one attached hydrogen (secondary N) is 1. The van der Waals surface area contributed by atoms with Crippen LogP contribution in [-0.4, -0.2) is 42.4 Å². The first-order chi connectivity index (χ1) is 13.0. The van der Waals surface area contributed by atoms with Crippen molar-refractivity contribution >= 4 is 5.91 Å². The lowest BCUT2D eigenvalue weighted by atomic mass is 9.94. The molecule has 1 aromatic heterocycles. The lowest BCUT2D eigenvalue weighted by Crippen LogP contribution is -2.51. The third-order valence-corrected chi connectivity index (χ3v) is 5.39. The Labute approximate surface area is 160 Å². The van der Waals surface area contributed by atoms with E-state index in [1.807, 2.05) is 19.9 Å². The zero-order valence-corrected chi connectivity index (χ0v) is 16.5. The lowest BCUT2D eigenvalue weighted by molar-refractivity contribution is -0.0457. The largest absolute Gasteiger partial charge is 0.379 e.